The van der Waals surface area contributed by atoms with Crippen LogP contribution in [-0.2, 0) is 0 Å². The van der Waals surface area contributed by atoms with Crippen LogP contribution in [0.3, 0.4) is 0 Å². The fourth-order valence-corrected chi connectivity index (χ4v) is 2.11. The third kappa shape index (κ3) is 4.57. The molecule has 1 unspecified atom stereocenters. The Kier molecular flexibility index (Phi) is 5.23. The highest BCUT2D eigenvalue weighted by atomic mass is 32.1. The molecule has 0 radical (unpaired) electrons. The van der Waals surface area contributed by atoms with E-state index in [2.05, 4.69) is 33.2 Å². The summed E-state index contributed by atoms with van der Waals surface area (Å²) >= 11 is 9.71. The minimum Gasteiger partial charge on any atom is -0.362 e. The Morgan fingerprint density at radius 3 is 2.84 bits per heavy atom. The van der Waals surface area contributed by atoms with Gasteiger partial charge in [0.15, 0.2) is 5.11 Å². The second-order valence-corrected chi connectivity index (χ2v) is 5.06. The molecule has 0 spiro atoms. The van der Waals surface area contributed by atoms with Gasteiger partial charge in [-0.25, -0.2) is 4.98 Å². The lowest BCUT2D eigenvalue weighted by Gasteiger charge is -2.12. The molecule has 19 heavy (non-hydrogen) atoms. The fourth-order valence-electron chi connectivity index (χ4n) is 1.62. The Morgan fingerprint density at radius 2 is 2.16 bits per heavy atom. The van der Waals surface area contributed by atoms with Crippen molar-refractivity contribution < 1.29 is 0 Å². The second kappa shape index (κ2) is 7.16. The number of hydrogen-bond acceptors (Lipinski definition) is 3. The van der Waals surface area contributed by atoms with E-state index < -0.39 is 0 Å². The van der Waals surface area contributed by atoms with E-state index >= 15 is 0 Å². The molecule has 0 aliphatic carbocycles. The van der Waals surface area contributed by atoms with Crippen molar-refractivity contribution in [2.75, 3.05) is 11.9 Å². The summed E-state index contributed by atoms with van der Waals surface area (Å²) in [4.78, 5) is 7.22. The molecular weight excluding hydrogens is 276 g/mol. The van der Waals surface area contributed by atoms with Crippen molar-refractivity contribution in [3.05, 3.63) is 48.5 Å². The van der Waals surface area contributed by atoms with Gasteiger partial charge in [0.05, 0.1) is 5.25 Å². The maximum atomic E-state index is 5.22. The summed E-state index contributed by atoms with van der Waals surface area (Å²) in [6.45, 7) is 0.744. The molecule has 2 aromatic rings. The van der Waals surface area contributed by atoms with E-state index in [1.807, 2.05) is 30.3 Å². The lowest BCUT2D eigenvalue weighted by Crippen LogP contribution is -2.29. The SMILES string of the molecule is S=C(NCCC(S)c1ncc[nH]1)Nc1ccccc1. The third-order valence-corrected chi connectivity index (χ3v) is 3.32. The standard InChI is InChI=1S/C13H16N4S2/c18-11(12-14-8-9-15-12)6-7-16-13(19)17-10-4-2-1-3-5-10/h1-5,8-9,11,18H,6-7H2,(H,14,15)(H2,16,17,19). The first-order valence-corrected chi connectivity index (χ1v) is 6.95. The molecular formula is C13H16N4S2. The van der Waals surface area contributed by atoms with Crippen molar-refractivity contribution in [1.29, 1.82) is 0 Å². The van der Waals surface area contributed by atoms with Gasteiger partial charge in [0.25, 0.3) is 0 Å². The normalized spacial score (nSPS) is 11.8. The number of thiocarbonyl (C=S) groups is 1. The van der Waals surface area contributed by atoms with E-state index in [4.69, 9.17) is 12.2 Å². The molecule has 0 aliphatic rings. The summed E-state index contributed by atoms with van der Waals surface area (Å²) in [7, 11) is 0. The fraction of sp³-hybridized carbons (Fsp3) is 0.231. The number of aromatic amines is 1. The van der Waals surface area contributed by atoms with Crippen molar-refractivity contribution in [3.63, 3.8) is 0 Å². The Bertz CT molecular complexity index is 499. The maximum Gasteiger partial charge on any atom is 0.170 e. The topological polar surface area (TPSA) is 52.7 Å². The first-order valence-electron chi connectivity index (χ1n) is 6.03. The zero-order chi connectivity index (χ0) is 13.5. The van der Waals surface area contributed by atoms with E-state index in [1.165, 1.54) is 0 Å². The highest BCUT2D eigenvalue weighted by Crippen LogP contribution is 2.18. The van der Waals surface area contributed by atoms with Crippen LogP contribution in [0.2, 0.25) is 0 Å². The average molecular weight is 292 g/mol. The van der Waals surface area contributed by atoms with Gasteiger partial charge in [-0.3, -0.25) is 0 Å². The lowest BCUT2D eigenvalue weighted by molar-refractivity contribution is 0.740. The number of imidazole rings is 1. The van der Waals surface area contributed by atoms with Gasteiger partial charge in [0.2, 0.25) is 0 Å². The molecule has 3 N–H and O–H groups in total. The molecule has 6 heteroatoms. The molecule has 4 nitrogen and oxygen atoms in total. The Hall–Kier alpha value is -1.53. The quantitative estimate of drug-likeness (QED) is 0.506. The van der Waals surface area contributed by atoms with E-state index in [-0.39, 0.29) is 5.25 Å². The summed E-state index contributed by atoms with van der Waals surface area (Å²) in [5.41, 5.74) is 0.980. The number of anilines is 1. The van der Waals surface area contributed by atoms with Crippen molar-refractivity contribution in [3.8, 4) is 0 Å². The summed E-state index contributed by atoms with van der Waals surface area (Å²) in [5.74, 6) is 0.882. The molecule has 1 aromatic heterocycles. The van der Waals surface area contributed by atoms with Gasteiger partial charge in [-0.05, 0) is 30.8 Å². The van der Waals surface area contributed by atoms with Crippen LogP contribution >= 0.6 is 24.8 Å². The Balaban J connectivity index is 1.70. The molecule has 1 heterocycles. The van der Waals surface area contributed by atoms with Crippen LogP contribution in [0.15, 0.2) is 42.7 Å². The number of rotatable bonds is 5. The molecule has 0 saturated heterocycles. The third-order valence-electron chi connectivity index (χ3n) is 2.57. The summed E-state index contributed by atoms with van der Waals surface area (Å²) in [6, 6.07) is 9.84. The van der Waals surface area contributed by atoms with Crippen LogP contribution in [0.25, 0.3) is 0 Å². The second-order valence-electron chi connectivity index (χ2n) is 4.03. The number of thiol groups is 1. The minimum absolute atomic E-state index is 0.0852. The molecule has 1 aromatic carbocycles. The van der Waals surface area contributed by atoms with Gasteiger partial charge in [-0.1, -0.05) is 18.2 Å². The van der Waals surface area contributed by atoms with Crippen molar-refractivity contribution in [2.45, 2.75) is 11.7 Å². The summed E-state index contributed by atoms with van der Waals surface area (Å²) in [5, 5.41) is 6.98. The van der Waals surface area contributed by atoms with Crippen LogP contribution in [0.1, 0.15) is 17.5 Å². The number of hydrogen-bond donors (Lipinski definition) is 4. The van der Waals surface area contributed by atoms with Gasteiger partial charge in [-0.15, -0.1) is 0 Å². The van der Waals surface area contributed by atoms with Gasteiger partial charge >= 0.3 is 0 Å². The van der Waals surface area contributed by atoms with Crippen LogP contribution in [0, 0.1) is 0 Å². The maximum absolute atomic E-state index is 5.22. The van der Waals surface area contributed by atoms with E-state index in [1.54, 1.807) is 12.4 Å². The zero-order valence-corrected chi connectivity index (χ0v) is 12.0. The molecule has 0 bridgehead atoms. The largest absolute Gasteiger partial charge is 0.362 e. The summed E-state index contributed by atoms with van der Waals surface area (Å²) < 4.78 is 0. The predicted octanol–water partition coefficient (Wildman–Crippen LogP) is 2.76. The van der Waals surface area contributed by atoms with Crippen molar-refractivity contribution in [2.24, 2.45) is 0 Å². The van der Waals surface area contributed by atoms with Crippen molar-refractivity contribution in [1.82, 2.24) is 15.3 Å². The highest BCUT2D eigenvalue weighted by Gasteiger charge is 2.08. The van der Waals surface area contributed by atoms with Crippen LogP contribution < -0.4 is 10.6 Å². The molecule has 1 atom stereocenters. The van der Waals surface area contributed by atoms with Crippen LogP contribution in [0.5, 0.6) is 0 Å². The molecule has 0 aliphatic heterocycles. The lowest BCUT2D eigenvalue weighted by atomic mass is 10.3. The number of benzene rings is 1. The summed E-state index contributed by atoms with van der Waals surface area (Å²) in [6.07, 6.45) is 4.37. The molecule has 100 valence electrons. The van der Waals surface area contributed by atoms with E-state index in [0.29, 0.717) is 5.11 Å². The number of para-hydroxylation sites is 1. The number of H-pyrrole nitrogens is 1. The van der Waals surface area contributed by atoms with Crippen LogP contribution in [0.4, 0.5) is 5.69 Å². The van der Waals surface area contributed by atoms with Gasteiger partial charge < -0.3 is 15.6 Å². The smallest absolute Gasteiger partial charge is 0.170 e. The van der Waals surface area contributed by atoms with E-state index in [9.17, 15) is 0 Å². The van der Waals surface area contributed by atoms with Gasteiger partial charge in [0.1, 0.15) is 5.82 Å². The minimum atomic E-state index is 0.0852. The first-order chi connectivity index (χ1) is 9.25. The van der Waals surface area contributed by atoms with Crippen LogP contribution in [-0.4, -0.2) is 21.6 Å². The molecule has 0 amide bonds. The average Bonchev–Trinajstić information content (AvgIpc) is 2.93. The predicted molar refractivity (Wildman–Crippen MR) is 85.6 cm³/mol. The Labute approximate surface area is 123 Å². The number of nitrogens with one attached hydrogen (secondary N) is 3. The Morgan fingerprint density at radius 1 is 1.37 bits per heavy atom. The number of nitrogens with zero attached hydrogens (tertiary/aromatic N) is 1. The molecule has 0 fully saturated rings. The molecule has 2 rings (SSSR count). The van der Waals surface area contributed by atoms with Crippen molar-refractivity contribution >= 4 is 35.6 Å². The van der Waals surface area contributed by atoms with Gasteiger partial charge in [0, 0.05) is 24.6 Å². The molecule has 0 saturated carbocycles. The first kappa shape index (κ1) is 13.9. The highest BCUT2D eigenvalue weighted by molar-refractivity contribution is 7.80. The zero-order valence-electron chi connectivity index (χ0n) is 10.3. The van der Waals surface area contributed by atoms with E-state index in [0.717, 1.165) is 24.5 Å². The van der Waals surface area contributed by atoms with Gasteiger partial charge in [-0.2, -0.15) is 12.6 Å². The monoisotopic (exact) mass is 292 g/mol. The number of aromatic nitrogens is 2.